The summed E-state index contributed by atoms with van der Waals surface area (Å²) in [4.78, 5) is 13.0. The zero-order valence-electron chi connectivity index (χ0n) is 9.67. The monoisotopic (exact) mass is 225 g/mol. The first kappa shape index (κ1) is 10.3. The first-order valence-electron chi connectivity index (χ1n) is 6.02. The van der Waals surface area contributed by atoms with Gasteiger partial charge in [-0.05, 0) is 23.6 Å². The molecule has 86 valence electrons. The molecule has 0 bridgehead atoms. The molecular formula is C15H15NO. The minimum Gasteiger partial charge on any atom is -0.363 e. The largest absolute Gasteiger partial charge is 0.363 e. The lowest BCUT2D eigenvalue weighted by molar-refractivity contribution is -0.109. The van der Waals surface area contributed by atoms with Crippen LogP contribution < -0.4 is 0 Å². The van der Waals surface area contributed by atoms with Gasteiger partial charge in [-0.25, -0.2) is 0 Å². The summed E-state index contributed by atoms with van der Waals surface area (Å²) < 4.78 is 0. The Hall–Kier alpha value is -1.83. The SMILES string of the molecule is O=CC1C=CC(N2Cc3ccccc3C2)=CC1. The van der Waals surface area contributed by atoms with Gasteiger partial charge in [0, 0.05) is 24.7 Å². The lowest BCUT2D eigenvalue weighted by atomic mass is 10.0. The van der Waals surface area contributed by atoms with Crippen LogP contribution in [-0.4, -0.2) is 11.2 Å². The molecule has 1 aromatic carbocycles. The summed E-state index contributed by atoms with van der Waals surface area (Å²) in [5.41, 5.74) is 4.08. The first-order valence-corrected chi connectivity index (χ1v) is 6.02. The summed E-state index contributed by atoms with van der Waals surface area (Å²) >= 11 is 0. The van der Waals surface area contributed by atoms with Crippen LogP contribution in [0.5, 0.6) is 0 Å². The Morgan fingerprint density at radius 2 is 1.88 bits per heavy atom. The lowest BCUT2D eigenvalue weighted by Gasteiger charge is -2.22. The summed E-state index contributed by atoms with van der Waals surface area (Å²) in [5.74, 6) is 0.0729. The van der Waals surface area contributed by atoms with Crippen molar-refractivity contribution in [3.8, 4) is 0 Å². The topological polar surface area (TPSA) is 20.3 Å². The molecule has 2 heteroatoms. The standard InChI is InChI=1S/C15H15NO/c17-11-12-5-7-15(8-6-12)16-9-13-3-1-2-4-14(13)10-16/h1-5,7-8,11-12H,6,9-10H2. The van der Waals surface area contributed by atoms with E-state index in [1.807, 2.05) is 6.08 Å². The van der Waals surface area contributed by atoms with Gasteiger partial charge >= 0.3 is 0 Å². The summed E-state index contributed by atoms with van der Waals surface area (Å²) in [7, 11) is 0. The Kier molecular flexibility index (Phi) is 2.56. The summed E-state index contributed by atoms with van der Waals surface area (Å²) in [6, 6.07) is 8.57. The van der Waals surface area contributed by atoms with Gasteiger partial charge in [0.15, 0.2) is 0 Å². The second-order valence-electron chi connectivity index (χ2n) is 4.65. The van der Waals surface area contributed by atoms with Crippen molar-refractivity contribution in [3.63, 3.8) is 0 Å². The summed E-state index contributed by atoms with van der Waals surface area (Å²) in [6.07, 6.45) is 8.11. The third kappa shape index (κ3) is 1.91. The van der Waals surface area contributed by atoms with Crippen molar-refractivity contribution in [3.05, 3.63) is 59.3 Å². The van der Waals surface area contributed by atoms with E-state index < -0.39 is 0 Å². The molecule has 3 rings (SSSR count). The Labute approximate surface area is 101 Å². The predicted octanol–water partition coefficient (Wildman–Crippen LogP) is 2.66. The zero-order chi connectivity index (χ0) is 11.7. The molecule has 0 amide bonds. The number of benzene rings is 1. The quantitative estimate of drug-likeness (QED) is 0.721. The average Bonchev–Trinajstić information content (AvgIpc) is 2.82. The second kappa shape index (κ2) is 4.21. The van der Waals surface area contributed by atoms with Gasteiger partial charge in [0.05, 0.1) is 0 Å². The van der Waals surface area contributed by atoms with E-state index in [1.54, 1.807) is 0 Å². The van der Waals surface area contributed by atoms with Crippen LogP contribution >= 0.6 is 0 Å². The number of hydrogen-bond donors (Lipinski definition) is 0. The van der Waals surface area contributed by atoms with E-state index in [0.29, 0.717) is 0 Å². The highest BCUT2D eigenvalue weighted by molar-refractivity contribution is 5.58. The van der Waals surface area contributed by atoms with E-state index in [-0.39, 0.29) is 5.92 Å². The molecule has 0 fully saturated rings. The minimum atomic E-state index is 0.0729. The highest BCUT2D eigenvalue weighted by Gasteiger charge is 2.20. The van der Waals surface area contributed by atoms with Crippen LogP contribution in [0.2, 0.25) is 0 Å². The zero-order valence-corrected chi connectivity index (χ0v) is 9.67. The molecule has 1 aromatic rings. The number of nitrogens with zero attached hydrogens (tertiary/aromatic N) is 1. The van der Waals surface area contributed by atoms with Crippen LogP contribution in [0.1, 0.15) is 17.5 Å². The highest BCUT2D eigenvalue weighted by atomic mass is 16.1. The molecule has 0 saturated carbocycles. The fourth-order valence-corrected chi connectivity index (χ4v) is 2.48. The molecule has 1 aliphatic carbocycles. The molecule has 1 unspecified atom stereocenters. The fraction of sp³-hybridized carbons (Fsp3) is 0.267. The van der Waals surface area contributed by atoms with E-state index in [9.17, 15) is 4.79 Å². The maximum Gasteiger partial charge on any atom is 0.127 e. The smallest absolute Gasteiger partial charge is 0.127 e. The fourth-order valence-electron chi connectivity index (χ4n) is 2.48. The summed E-state index contributed by atoms with van der Waals surface area (Å²) in [6.45, 7) is 1.97. The van der Waals surface area contributed by atoms with Crippen molar-refractivity contribution >= 4 is 6.29 Å². The number of hydrogen-bond acceptors (Lipinski definition) is 2. The summed E-state index contributed by atoms with van der Waals surface area (Å²) in [5, 5.41) is 0. The molecule has 1 atom stereocenters. The maximum absolute atomic E-state index is 10.7. The van der Waals surface area contributed by atoms with Gasteiger partial charge < -0.3 is 9.69 Å². The minimum absolute atomic E-state index is 0.0729. The van der Waals surface area contributed by atoms with Gasteiger partial charge in [0.1, 0.15) is 6.29 Å². The van der Waals surface area contributed by atoms with Crippen LogP contribution in [0.4, 0.5) is 0 Å². The van der Waals surface area contributed by atoms with Gasteiger partial charge in [-0.15, -0.1) is 0 Å². The maximum atomic E-state index is 10.7. The molecule has 0 spiro atoms. The molecule has 0 aromatic heterocycles. The van der Waals surface area contributed by atoms with Crippen LogP contribution in [0.3, 0.4) is 0 Å². The Morgan fingerprint density at radius 3 is 2.41 bits per heavy atom. The molecule has 0 saturated heterocycles. The van der Waals surface area contributed by atoms with Gasteiger partial charge in [0.2, 0.25) is 0 Å². The highest BCUT2D eigenvalue weighted by Crippen LogP contribution is 2.28. The number of carbonyl (C=O) groups excluding carboxylic acids is 1. The van der Waals surface area contributed by atoms with Crippen LogP contribution in [0, 0.1) is 5.92 Å². The van der Waals surface area contributed by atoms with Gasteiger partial charge in [-0.3, -0.25) is 0 Å². The third-order valence-corrected chi connectivity index (χ3v) is 3.49. The van der Waals surface area contributed by atoms with E-state index in [1.165, 1.54) is 16.8 Å². The normalized spacial score (nSPS) is 22.2. The van der Waals surface area contributed by atoms with E-state index in [2.05, 4.69) is 41.3 Å². The van der Waals surface area contributed by atoms with Crippen LogP contribution in [0.15, 0.2) is 48.2 Å². The Balaban J connectivity index is 1.76. The van der Waals surface area contributed by atoms with E-state index >= 15 is 0 Å². The molecule has 2 aliphatic rings. The molecule has 2 nitrogen and oxygen atoms in total. The molecule has 0 radical (unpaired) electrons. The van der Waals surface area contributed by atoms with Crippen molar-refractivity contribution < 1.29 is 4.79 Å². The first-order chi connectivity index (χ1) is 8.36. The van der Waals surface area contributed by atoms with Crippen molar-refractivity contribution in [2.75, 3.05) is 0 Å². The van der Waals surface area contributed by atoms with Crippen molar-refractivity contribution in [1.29, 1.82) is 0 Å². The van der Waals surface area contributed by atoms with E-state index in [0.717, 1.165) is 25.8 Å². The van der Waals surface area contributed by atoms with Gasteiger partial charge in [0.25, 0.3) is 0 Å². The number of rotatable bonds is 2. The predicted molar refractivity (Wildman–Crippen MR) is 67.1 cm³/mol. The number of allylic oxidation sites excluding steroid dienone is 3. The molecule has 17 heavy (non-hydrogen) atoms. The Morgan fingerprint density at radius 1 is 1.18 bits per heavy atom. The number of carbonyl (C=O) groups is 1. The van der Waals surface area contributed by atoms with Crippen LogP contribution in [0.25, 0.3) is 0 Å². The average molecular weight is 225 g/mol. The van der Waals surface area contributed by atoms with Crippen LogP contribution in [-0.2, 0) is 17.9 Å². The van der Waals surface area contributed by atoms with Crippen molar-refractivity contribution in [2.24, 2.45) is 5.92 Å². The third-order valence-electron chi connectivity index (χ3n) is 3.49. The van der Waals surface area contributed by atoms with Crippen molar-refractivity contribution in [2.45, 2.75) is 19.5 Å². The van der Waals surface area contributed by atoms with Gasteiger partial charge in [-0.1, -0.05) is 36.4 Å². The second-order valence-corrected chi connectivity index (χ2v) is 4.65. The van der Waals surface area contributed by atoms with Crippen molar-refractivity contribution in [1.82, 2.24) is 4.90 Å². The van der Waals surface area contributed by atoms with E-state index in [4.69, 9.17) is 0 Å². The molecular weight excluding hydrogens is 210 g/mol. The number of fused-ring (bicyclic) bond motifs is 1. The molecule has 1 aliphatic heterocycles. The molecule has 1 heterocycles. The number of aldehydes is 1. The molecule has 0 N–H and O–H groups in total. The Bertz CT molecular complexity index is 476. The van der Waals surface area contributed by atoms with Gasteiger partial charge in [-0.2, -0.15) is 0 Å². The lowest BCUT2D eigenvalue weighted by Crippen LogP contribution is -2.16.